The molecule has 0 aliphatic rings. The average molecular weight is 281 g/mol. The van der Waals surface area contributed by atoms with Crippen molar-refractivity contribution in [2.75, 3.05) is 0 Å². The van der Waals surface area contributed by atoms with Crippen molar-refractivity contribution in [3.8, 4) is 11.4 Å². The van der Waals surface area contributed by atoms with Crippen LogP contribution in [-0.4, -0.2) is 19.4 Å². The Hall–Kier alpha value is -1.27. The predicted octanol–water partition coefficient (Wildman–Crippen LogP) is 2.62. The lowest BCUT2D eigenvalue weighted by Gasteiger charge is -1.97. The van der Waals surface area contributed by atoms with E-state index in [1.165, 1.54) is 0 Å². The number of aromatic nitrogens is 4. The molecule has 4 nitrogen and oxygen atoms in total. The molecule has 3 heterocycles. The summed E-state index contributed by atoms with van der Waals surface area (Å²) >= 11 is 4.91. The van der Waals surface area contributed by atoms with E-state index in [9.17, 15) is 0 Å². The predicted molar refractivity (Wildman–Crippen MR) is 61.8 cm³/mol. The van der Waals surface area contributed by atoms with E-state index >= 15 is 0 Å². The molecule has 0 radical (unpaired) electrons. The van der Waals surface area contributed by atoms with Crippen LogP contribution >= 0.6 is 27.3 Å². The summed E-state index contributed by atoms with van der Waals surface area (Å²) in [6.45, 7) is 0. The van der Waals surface area contributed by atoms with Crippen LogP contribution in [0.25, 0.3) is 17.0 Å². The number of rotatable bonds is 1. The molecule has 3 aromatic heterocycles. The summed E-state index contributed by atoms with van der Waals surface area (Å²) in [4.78, 5) is 12.6. The molecule has 0 amide bonds. The van der Waals surface area contributed by atoms with Crippen molar-refractivity contribution in [3.63, 3.8) is 0 Å². The lowest BCUT2D eigenvalue weighted by Crippen LogP contribution is -1.89. The van der Waals surface area contributed by atoms with Gasteiger partial charge in [-0.3, -0.25) is 4.40 Å². The average Bonchev–Trinajstić information content (AvgIpc) is 2.83. The molecule has 0 N–H and O–H groups in total. The Kier molecular flexibility index (Phi) is 2.03. The van der Waals surface area contributed by atoms with Crippen molar-refractivity contribution in [1.82, 2.24) is 19.4 Å². The van der Waals surface area contributed by atoms with Gasteiger partial charge in [-0.2, -0.15) is 0 Å². The number of thiazole rings is 1. The fraction of sp³-hybridized carbons (Fsp3) is 0. The number of nitrogens with zero attached hydrogens (tertiary/aromatic N) is 4. The van der Waals surface area contributed by atoms with Gasteiger partial charge in [0.05, 0.1) is 29.3 Å². The summed E-state index contributed by atoms with van der Waals surface area (Å²) in [6, 6.07) is 0. The number of imidazole rings is 1. The Labute approximate surface area is 97.8 Å². The molecule has 0 aliphatic heterocycles. The molecule has 0 saturated heterocycles. The Morgan fingerprint density at radius 2 is 2.13 bits per heavy atom. The first kappa shape index (κ1) is 8.99. The largest absolute Gasteiger partial charge is 0.294 e. The second kappa shape index (κ2) is 3.39. The van der Waals surface area contributed by atoms with E-state index in [2.05, 4.69) is 30.9 Å². The fourth-order valence-electron chi connectivity index (χ4n) is 1.39. The molecule has 3 aromatic rings. The highest BCUT2D eigenvalue weighted by molar-refractivity contribution is 9.10. The molecular weight excluding hydrogens is 276 g/mol. The topological polar surface area (TPSA) is 43.1 Å². The van der Waals surface area contributed by atoms with E-state index in [1.807, 2.05) is 21.5 Å². The van der Waals surface area contributed by atoms with Crippen LogP contribution in [0.15, 0.2) is 34.1 Å². The third-order valence-corrected chi connectivity index (χ3v) is 3.06. The first-order valence-electron chi connectivity index (χ1n) is 4.22. The summed E-state index contributed by atoms with van der Waals surface area (Å²) in [5.74, 6) is 0. The zero-order valence-corrected chi connectivity index (χ0v) is 9.86. The van der Waals surface area contributed by atoms with Gasteiger partial charge in [0.15, 0.2) is 5.65 Å². The van der Waals surface area contributed by atoms with Crippen molar-refractivity contribution in [2.24, 2.45) is 0 Å². The minimum absolute atomic E-state index is 0.782. The number of hydrogen-bond acceptors (Lipinski definition) is 4. The van der Waals surface area contributed by atoms with E-state index in [1.54, 1.807) is 23.7 Å². The van der Waals surface area contributed by atoms with Gasteiger partial charge in [0.1, 0.15) is 4.60 Å². The maximum atomic E-state index is 4.26. The first-order chi connectivity index (χ1) is 7.34. The summed E-state index contributed by atoms with van der Waals surface area (Å²) in [6.07, 6.45) is 5.41. The van der Waals surface area contributed by atoms with Gasteiger partial charge in [0.2, 0.25) is 0 Å². The fourth-order valence-corrected chi connectivity index (χ4v) is 2.25. The molecule has 0 spiro atoms. The van der Waals surface area contributed by atoms with Crippen LogP contribution in [0.1, 0.15) is 0 Å². The van der Waals surface area contributed by atoms with Gasteiger partial charge < -0.3 is 0 Å². The molecule has 3 rings (SSSR count). The molecule has 15 heavy (non-hydrogen) atoms. The molecule has 0 fully saturated rings. The van der Waals surface area contributed by atoms with Gasteiger partial charge in [0.25, 0.3) is 0 Å². The maximum absolute atomic E-state index is 4.26. The minimum Gasteiger partial charge on any atom is -0.294 e. The maximum Gasteiger partial charge on any atom is 0.155 e. The van der Waals surface area contributed by atoms with Gasteiger partial charge >= 0.3 is 0 Å². The van der Waals surface area contributed by atoms with Crippen molar-refractivity contribution in [3.05, 3.63) is 34.1 Å². The van der Waals surface area contributed by atoms with Gasteiger partial charge in [-0.15, -0.1) is 11.3 Å². The SMILES string of the molecule is Brc1cn2c(-c3cscn3)cnc2cn1. The smallest absolute Gasteiger partial charge is 0.155 e. The van der Waals surface area contributed by atoms with E-state index in [-0.39, 0.29) is 0 Å². The lowest BCUT2D eigenvalue weighted by atomic mass is 10.4. The lowest BCUT2D eigenvalue weighted by molar-refractivity contribution is 1.10. The van der Waals surface area contributed by atoms with E-state index in [0.29, 0.717) is 0 Å². The van der Waals surface area contributed by atoms with Crippen LogP contribution in [0, 0.1) is 0 Å². The number of fused-ring (bicyclic) bond motifs is 1. The second-order valence-corrected chi connectivity index (χ2v) is 4.49. The molecule has 0 bridgehead atoms. The highest BCUT2D eigenvalue weighted by atomic mass is 79.9. The molecule has 0 saturated carbocycles. The first-order valence-corrected chi connectivity index (χ1v) is 5.95. The van der Waals surface area contributed by atoms with Crippen molar-refractivity contribution in [2.45, 2.75) is 0 Å². The minimum atomic E-state index is 0.782. The monoisotopic (exact) mass is 280 g/mol. The van der Waals surface area contributed by atoms with Crippen molar-refractivity contribution < 1.29 is 0 Å². The van der Waals surface area contributed by atoms with Crippen LogP contribution in [0.3, 0.4) is 0 Å². The van der Waals surface area contributed by atoms with Crippen molar-refractivity contribution in [1.29, 1.82) is 0 Å². The second-order valence-electron chi connectivity index (χ2n) is 2.96. The standard InChI is InChI=1S/C9H5BrN4S/c10-8-3-14-7(6-4-15-5-13-6)1-12-9(14)2-11-8/h1-5H. The summed E-state index contributed by atoms with van der Waals surface area (Å²) in [5.41, 5.74) is 4.55. The molecule has 6 heteroatoms. The van der Waals surface area contributed by atoms with Crippen LogP contribution in [0.4, 0.5) is 0 Å². The van der Waals surface area contributed by atoms with Crippen LogP contribution in [0.2, 0.25) is 0 Å². The summed E-state index contributed by atoms with van der Waals surface area (Å²) < 4.78 is 2.75. The molecule has 0 aromatic carbocycles. The molecule has 74 valence electrons. The molecule has 0 unspecified atom stereocenters. The Morgan fingerprint density at radius 1 is 1.20 bits per heavy atom. The highest BCUT2D eigenvalue weighted by Crippen LogP contribution is 2.21. The van der Waals surface area contributed by atoms with Crippen LogP contribution in [0.5, 0.6) is 0 Å². The summed E-state index contributed by atoms with van der Waals surface area (Å²) in [7, 11) is 0. The zero-order chi connectivity index (χ0) is 10.3. The third kappa shape index (κ3) is 1.46. The number of hydrogen-bond donors (Lipinski definition) is 0. The quantitative estimate of drug-likeness (QED) is 0.688. The van der Waals surface area contributed by atoms with Gasteiger partial charge in [-0.05, 0) is 15.9 Å². The van der Waals surface area contributed by atoms with Gasteiger partial charge in [0, 0.05) is 11.6 Å². The van der Waals surface area contributed by atoms with Crippen molar-refractivity contribution >= 4 is 32.9 Å². The van der Waals surface area contributed by atoms with E-state index in [0.717, 1.165) is 21.6 Å². The highest BCUT2D eigenvalue weighted by Gasteiger charge is 2.07. The Bertz CT molecular complexity index is 602. The normalized spacial score (nSPS) is 11.0. The van der Waals surface area contributed by atoms with Gasteiger partial charge in [-0.25, -0.2) is 15.0 Å². The van der Waals surface area contributed by atoms with Crippen LogP contribution < -0.4 is 0 Å². The third-order valence-electron chi connectivity index (χ3n) is 2.06. The van der Waals surface area contributed by atoms with E-state index < -0.39 is 0 Å². The Morgan fingerprint density at radius 3 is 2.93 bits per heavy atom. The molecule has 0 atom stereocenters. The molecule has 0 aliphatic carbocycles. The summed E-state index contributed by atoms with van der Waals surface area (Å²) in [5, 5.41) is 2.00. The van der Waals surface area contributed by atoms with Crippen LogP contribution in [-0.2, 0) is 0 Å². The Balaban J connectivity index is 2.32. The van der Waals surface area contributed by atoms with E-state index in [4.69, 9.17) is 0 Å². The number of halogens is 1. The molecular formula is C9H5BrN4S. The van der Waals surface area contributed by atoms with Gasteiger partial charge in [-0.1, -0.05) is 0 Å². The zero-order valence-electron chi connectivity index (χ0n) is 7.46.